The summed E-state index contributed by atoms with van der Waals surface area (Å²) in [5, 5.41) is 8.02. The van der Waals surface area contributed by atoms with Crippen molar-refractivity contribution in [2.45, 2.75) is 38.3 Å². The fraction of sp³-hybridized carbons (Fsp3) is 0.350. The van der Waals surface area contributed by atoms with Crippen molar-refractivity contribution in [2.24, 2.45) is 0 Å². The van der Waals surface area contributed by atoms with Gasteiger partial charge in [-0.15, -0.1) is 0 Å². The molecule has 3 heterocycles. The minimum atomic E-state index is 0.0247. The first kappa shape index (κ1) is 16.7. The van der Waals surface area contributed by atoms with Crippen LogP contribution in [0.4, 0.5) is 0 Å². The number of aromatic amines is 2. The average Bonchev–Trinajstić information content (AvgIpc) is 3.43. The number of halogens is 1. The number of hydrogen-bond donors (Lipinski definition) is 2. The molecule has 1 aromatic carbocycles. The number of fused-ring (bicyclic) bond motifs is 1. The van der Waals surface area contributed by atoms with Gasteiger partial charge in [0.15, 0.2) is 0 Å². The standard InChI is InChI=1S/C20H20ClN5O/c21-15-5-3-12(4-6-15)18-14(9-22-25-18)10-26-8-7-17-16(11-26)20(27)24-19(23-17)13-1-2-13/h3-6,9,13H,1-2,7-8,10-11H2,(H,22,25)(H,23,24,27). The highest BCUT2D eigenvalue weighted by molar-refractivity contribution is 6.30. The Morgan fingerprint density at radius 2 is 2.04 bits per heavy atom. The van der Waals surface area contributed by atoms with Crippen LogP contribution < -0.4 is 5.56 Å². The first-order chi connectivity index (χ1) is 13.2. The summed E-state index contributed by atoms with van der Waals surface area (Å²) in [5.41, 5.74) is 4.96. The molecule has 0 unspecified atom stereocenters. The number of aromatic nitrogens is 4. The maximum atomic E-state index is 12.5. The van der Waals surface area contributed by atoms with Gasteiger partial charge in [0.05, 0.1) is 23.1 Å². The van der Waals surface area contributed by atoms with Crippen molar-refractivity contribution >= 4 is 11.6 Å². The molecule has 0 saturated heterocycles. The Kier molecular flexibility index (Phi) is 4.10. The summed E-state index contributed by atoms with van der Waals surface area (Å²) < 4.78 is 0. The Morgan fingerprint density at radius 3 is 2.81 bits per heavy atom. The third kappa shape index (κ3) is 3.31. The zero-order chi connectivity index (χ0) is 18.4. The lowest BCUT2D eigenvalue weighted by Gasteiger charge is -2.27. The molecule has 2 N–H and O–H groups in total. The van der Waals surface area contributed by atoms with Crippen LogP contribution in [0.15, 0.2) is 35.3 Å². The monoisotopic (exact) mass is 381 g/mol. The fourth-order valence-electron chi connectivity index (χ4n) is 3.72. The smallest absolute Gasteiger partial charge is 0.255 e. The fourth-order valence-corrected chi connectivity index (χ4v) is 3.85. The van der Waals surface area contributed by atoms with Crippen LogP contribution in [0.2, 0.25) is 5.02 Å². The van der Waals surface area contributed by atoms with Crippen molar-refractivity contribution in [3.05, 3.63) is 68.5 Å². The van der Waals surface area contributed by atoms with Crippen LogP contribution in [0.25, 0.3) is 11.3 Å². The van der Waals surface area contributed by atoms with E-state index >= 15 is 0 Å². The molecular formula is C20H20ClN5O. The van der Waals surface area contributed by atoms with Crippen molar-refractivity contribution in [3.8, 4) is 11.3 Å². The molecule has 6 nitrogen and oxygen atoms in total. The van der Waals surface area contributed by atoms with Gasteiger partial charge in [-0.05, 0) is 30.5 Å². The normalized spacial score (nSPS) is 17.1. The van der Waals surface area contributed by atoms with E-state index in [1.807, 2.05) is 30.5 Å². The number of nitrogens with one attached hydrogen (secondary N) is 2. The SMILES string of the molecule is O=c1[nH]c(C2CC2)nc2c1CN(Cc1cn[nH]c1-c1ccc(Cl)cc1)CC2. The third-order valence-corrected chi connectivity index (χ3v) is 5.63. The summed E-state index contributed by atoms with van der Waals surface area (Å²) in [7, 11) is 0. The van der Waals surface area contributed by atoms with E-state index in [1.54, 1.807) is 0 Å². The third-order valence-electron chi connectivity index (χ3n) is 5.37. The van der Waals surface area contributed by atoms with Crippen molar-refractivity contribution in [3.63, 3.8) is 0 Å². The van der Waals surface area contributed by atoms with Crippen molar-refractivity contribution in [1.29, 1.82) is 0 Å². The summed E-state index contributed by atoms with van der Waals surface area (Å²) in [6, 6.07) is 7.72. The van der Waals surface area contributed by atoms with Crippen LogP contribution in [-0.2, 0) is 19.5 Å². The molecule has 3 aromatic rings. The van der Waals surface area contributed by atoms with E-state index in [2.05, 4.69) is 20.1 Å². The van der Waals surface area contributed by atoms with Gasteiger partial charge in [0.2, 0.25) is 0 Å². The van der Waals surface area contributed by atoms with Crippen LogP contribution in [0.3, 0.4) is 0 Å². The van der Waals surface area contributed by atoms with Gasteiger partial charge in [-0.1, -0.05) is 23.7 Å². The lowest BCUT2D eigenvalue weighted by Crippen LogP contribution is -2.35. The Balaban J connectivity index is 1.37. The molecule has 2 aromatic heterocycles. The first-order valence-corrected chi connectivity index (χ1v) is 9.67. The van der Waals surface area contributed by atoms with Gasteiger partial charge in [-0.3, -0.25) is 14.8 Å². The highest BCUT2D eigenvalue weighted by Gasteiger charge is 2.29. The van der Waals surface area contributed by atoms with Gasteiger partial charge >= 0.3 is 0 Å². The maximum absolute atomic E-state index is 12.5. The largest absolute Gasteiger partial charge is 0.310 e. The quantitative estimate of drug-likeness (QED) is 0.727. The van der Waals surface area contributed by atoms with Gasteiger partial charge in [0.1, 0.15) is 5.82 Å². The van der Waals surface area contributed by atoms with Crippen LogP contribution in [0.5, 0.6) is 0 Å². The summed E-state index contributed by atoms with van der Waals surface area (Å²) in [5.74, 6) is 1.35. The zero-order valence-corrected chi connectivity index (χ0v) is 15.6. The molecule has 0 atom stereocenters. The number of hydrogen-bond acceptors (Lipinski definition) is 4. The summed E-state index contributed by atoms with van der Waals surface area (Å²) >= 11 is 5.99. The average molecular weight is 382 g/mol. The second kappa shape index (κ2) is 6.62. The molecule has 1 fully saturated rings. The minimum absolute atomic E-state index is 0.0247. The zero-order valence-electron chi connectivity index (χ0n) is 14.8. The maximum Gasteiger partial charge on any atom is 0.255 e. The van der Waals surface area contributed by atoms with Gasteiger partial charge in [-0.25, -0.2) is 4.98 Å². The molecule has 0 spiro atoms. The van der Waals surface area contributed by atoms with Gasteiger partial charge in [-0.2, -0.15) is 5.10 Å². The molecular weight excluding hydrogens is 362 g/mol. The molecule has 0 radical (unpaired) electrons. The Morgan fingerprint density at radius 1 is 1.22 bits per heavy atom. The highest BCUT2D eigenvalue weighted by atomic mass is 35.5. The molecule has 1 saturated carbocycles. The van der Waals surface area contributed by atoms with E-state index in [0.717, 1.165) is 66.3 Å². The predicted molar refractivity (Wildman–Crippen MR) is 104 cm³/mol. The van der Waals surface area contributed by atoms with Crippen LogP contribution in [-0.4, -0.2) is 31.6 Å². The van der Waals surface area contributed by atoms with Crippen molar-refractivity contribution in [2.75, 3.05) is 6.54 Å². The Bertz CT molecular complexity index is 1040. The summed E-state index contributed by atoms with van der Waals surface area (Å²) in [6.07, 6.45) is 4.95. The number of rotatable bonds is 4. The van der Waals surface area contributed by atoms with E-state index in [4.69, 9.17) is 16.6 Å². The number of nitrogens with zero attached hydrogens (tertiary/aromatic N) is 3. The Hall–Kier alpha value is -2.44. The highest BCUT2D eigenvalue weighted by Crippen LogP contribution is 2.38. The molecule has 7 heteroatoms. The van der Waals surface area contributed by atoms with Crippen LogP contribution in [0.1, 0.15) is 41.4 Å². The van der Waals surface area contributed by atoms with E-state index in [9.17, 15) is 4.79 Å². The molecule has 27 heavy (non-hydrogen) atoms. The lowest BCUT2D eigenvalue weighted by atomic mass is 10.0. The van der Waals surface area contributed by atoms with Crippen molar-refractivity contribution in [1.82, 2.24) is 25.1 Å². The van der Waals surface area contributed by atoms with Gasteiger partial charge in [0, 0.05) is 42.6 Å². The first-order valence-electron chi connectivity index (χ1n) is 9.30. The molecule has 5 rings (SSSR count). The Labute approximate surface area is 161 Å². The summed E-state index contributed by atoms with van der Waals surface area (Å²) in [6.45, 7) is 2.24. The molecule has 0 amide bonds. The van der Waals surface area contributed by atoms with E-state index in [-0.39, 0.29) is 5.56 Å². The molecule has 0 bridgehead atoms. The second-order valence-corrected chi connectivity index (χ2v) is 7.82. The van der Waals surface area contributed by atoms with E-state index in [0.29, 0.717) is 17.5 Å². The molecule has 1 aliphatic heterocycles. The molecule has 1 aliphatic carbocycles. The van der Waals surface area contributed by atoms with Gasteiger partial charge < -0.3 is 4.98 Å². The topological polar surface area (TPSA) is 77.7 Å². The van der Waals surface area contributed by atoms with Gasteiger partial charge in [0.25, 0.3) is 5.56 Å². The predicted octanol–water partition coefficient (Wildman–Crippen LogP) is 3.25. The van der Waals surface area contributed by atoms with Crippen molar-refractivity contribution < 1.29 is 0 Å². The van der Waals surface area contributed by atoms with Crippen LogP contribution in [0, 0.1) is 0 Å². The minimum Gasteiger partial charge on any atom is -0.310 e. The van der Waals surface area contributed by atoms with E-state index < -0.39 is 0 Å². The summed E-state index contributed by atoms with van der Waals surface area (Å²) in [4.78, 5) is 22.5. The number of benzene rings is 1. The lowest BCUT2D eigenvalue weighted by molar-refractivity contribution is 0.241. The second-order valence-electron chi connectivity index (χ2n) is 7.39. The molecule has 2 aliphatic rings. The van der Waals surface area contributed by atoms with Crippen LogP contribution >= 0.6 is 11.6 Å². The number of H-pyrrole nitrogens is 2. The van der Waals surface area contributed by atoms with E-state index in [1.165, 1.54) is 0 Å². The molecule has 138 valence electrons.